The predicted octanol–water partition coefficient (Wildman–Crippen LogP) is 1.34. The summed E-state index contributed by atoms with van der Waals surface area (Å²) in [6, 6.07) is 7.08. The largest absolute Gasteiger partial charge is 0.595 e. The second-order valence-corrected chi connectivity index (χ2v) is 3.92. The van der Waals surface area contributed by atoms with Crippen LogP contribution in [0.3, 0.4) is 0 Å². The number of rotatable bonds is 4. The Labute approximate surface area is 81.9 Å². The average molecular weight is 199 g/mol. The van der Waals surface area contributed by atoms with Crippen LogP contribution < -0.4 is 5.23 Å². The molecule has 2 N–H and O–H groups in total. The van der Waals surface area contributed by atoms with Gasteiger partial charge in [0.1, 0.15) is 0 Å². The quantitative estimate of drug-likeness (QED) is 0.719. The monoisotopic (exact) mass is 199 g/mol. The Bertz CT molecular complexity index is 266. The Morgan fingerprint density at radius 2 is 2.31 bits per heavy atom. The molecule has 1 unspecified atom stereocenters. The molecule has 13 heavy (non-hydrogen) atoms. The van der Waals surface area contributed by atoms with Gasteiger partial charge in [0.15, 0.2) is 5.69 Å². The first kappa shape index (κ1) is 10.5. The standard InChI is InChI=1S/C9H13NO2S/c1-2-13-7-8-4-3-5-9(6-8)10(11)12/h3-6,10-11H,2,7H2,1H3. The summed E-state index contributed by atoms with van der Waals surface area (Å²) in [5.41, 5.74) is 1.45. The Hall–Kier alpha value is -0.550. The fourth-order valence-corrected chi connectivity index (χ4v) is 1.63. The Morgan fingerprint density at radius 3 is 2.92 bits per heavy atom. The van der Waals surface area contributed by atoms with Crippen LogP contribution in [-0.4, -0.2) is 11.0 Å². The zero-order valence-electron chi connectivity index (χ0n) is 7.49. The lowest BCUT2D eigenvalue weighted by Gasteiger charge is -2.12. The molecule has 0 aromatic heterocycles. The molecule has 1 atom stereocenters. The number of thioether (sulfide) groups is 1. The van der Waals surface area contributed by atoms with E-state index in [0.717, 1.165) is 17.1 Å². The smallest absolute Gasteiger partial charge is 0.164 e. The fraction of sp³-hybridized carbons (Fsp3) is 0.333. The number of quaternary nitrogens is 1. The van der Waals surface area contributed by atoms with Crippen LogP contribution in [0.4, 0.5) is 5.69 Å². The number of benzene rings is 1. The SMILES string of the molecule is CCSCc1cccc([NH+]([O-])O)c1. The van der Waals surface area contributed by atoms with Crippen LogP contribution >= 0.6 is 11.8 Å². The highest BCUT2D eigenvalue weighted by molar-refractivity contribution is 7.98. The van der Waals surface area contributed by atoms with E-state index >= 15 is 0 Å². The summed E-state index contributed by atoms with van der Waals surface area (Å²) in [6.07, 6.45) is 0. The zero-order chi connectivity index (χ0) is 9.68. The maximum absolute atomic E-state index is 10.6. The molecule has 0 aliphatic rings. The maximum atomic E-state index is 10.6. The van der Waals surface area contributed by atoms with E-state index in [2.05, 4.69) is 6.92 Å². The highest BCUT2D eigenvalue weighted by Crippen LogP contribution is 2.13. The van der Waals surface area contributed by atoms with Gasteiger partial charge in [0.2, 0.25) is 0 Å². The molecule has 0 bridgehead atoms. The molecule has 0 saturated carbocycles. The molecule has 1 rings (SSSR count). The van der Waals surface area contributed by atoms with Crippen LogP contribution in [0.25, 0.3) is 0 Å². The highest BCUT2D eigenvalue weighted by Gasteiger charge is 2.00. The van der Waals surface area contributed by atoms with Gasteiger partial charge < -0.3 is 5.21 Å². The first-order chi connectivity index (χ1) is 6.24. The van der Waals surface area contributed by atoms with Crippen molar-refractivity contribution in [2.45, 2.75) is 12.7 Å². The molecule has 0 aliphatic heterocycles. The zero-order valence-corrected chi connectivity index (χ0v) is 8.30. The Balaban J connectivity index is 2.68. The first-order valence-corrected chi connectivity index (χ1v) is 5.29. The summed E-state index contributed by atoms with van der Waals surface area (Å²) in [5.74, 6) is 1.94. The fourth-order valence-electron chi connectivity index (χ4n) is 1.01. The van der Waals surface area contributed by atoms with E-state index in [1.165, 1.54) is 0 Å². The Kier molecular flexibility index (Phi) is 4.24. The lowest BCUT2D eigenvalue weighted by molar-refractivity contribution is -0.991. The second kappa shape index (κ2) is 5.24. The van der Waals surface area contributed by atoms with Gasteiger partial charge in [-0.2, -0.15) is 17.0 Å². The van der Waals surface area contributed by atoms with Crippen molar-refractivity contribution in [2.75, 3.05) is 5.75 Å². The summed E-state index contributed by atoms with van der Waals surface area (Å²) in [5, 5.41) is 18.5. The van der Waals surface area contributed by atoms with Crippen molar-refractivity contribution in [1.29, 1.82) is 0 Å². The molecule has 4 heteroatoms. The van der Waals surface area contributed by atoms with E-state index in [1.54, 1.807) is 30.0 Å². The molecule has 0 fully saturated rings. The molecule has 0 amide bonds. The molecular weight excluding hydrogens is 186 g/mol. The number of hydrogen-bond acceptors (Lipinski definition) is 3. The molecule has 0 saturated heterocycles. The summed E-state index contributed by atoms with van der Waals surface area (Å²) in [4.78, 5) is 0. The Morgan fingerprint density at radius 1 is 1.54 bits per heavy atom. The van der Waals surface area contributed by atoms with Crippen LogP contribution in [0.5, 0.6) is 0 Å². The van der Waals surface area contributed by atoms with Crippen LogP contribution in [0.15, 0.2) is 24.3 Å². The van der Waals surface area contributed by atoms with Gasteiger partial charge in [-0.3, -0.25) is 0 Å². The highest BCUT2D eigenvalue weighted by atomic mass is 32.2. The van der Waals surface area contributed by atoms with E-state index in [9.17, 15) is 5.21 Å². The van der Waals surface area contributed by atoms with Crippen LogP contribution in [-0.2, 0) is 5.75 Å². The third-order valence-corrected chi connectivity index (χ3v) is 2.59. The molecule has 72 valence electrons. The van der Waals surface area contributed by atoms with E-state index in [1.807, 2.05) is 6.07 Å². The molecule has 0 spiro atoms. The minimum Gasteiger partial charge on any atom is -0.595 e. The molecule has 0 heterocycles. The van der Waals surface area contributed by atoms with Gasteiger partial charge in [0, 0.05) is 17.9 Å². The van der Waals surface area contributed by atoms with Crippen LogP contribution in [0, 0.1) is 5.21 Å². The topological polar surface area (TPSA) is 47.7 Å². The molecule has 0 aliphatic carbocycles. The van der Waals surface area contributed by atoms with Crippen molar-refractivity contribution in [2.24, 2.45) is 0 Å². The van der Waals surface area contributed by atoms with Gasteiger partial charge in [0.25, 0.3) is 0 Å². The van der Waals surface area contributed by atoms with Crippen molar-refractivity contribution in [3.05, 3.63) is 35.0 Å². The maximum Gasteiger partial charge on any atom is 0.164 e. The van der Waals surface area contributed by atoms with Crippen molar-refractivity contribution in [3.8, 4) is 0 Å². The molecule has 0 radical (unpaired) electrons. The van der Waals surface area contributed by atoms with Gasteiger partial charge in [-0.25, -0.2) is 5.21 Å². The van der Waals surface area contributed by atoms with Gasteiger partial charge in [-0.15, -0.1) is 0 Å². The van der Waals surface area contributed by atoms with E-state index in [0.29, 0.717) is 5.69 Å². The summed E-state index contributed by atoms with van der Waals surface area (Å²) in [6.45, 7) is 2.09. The number of nitrogens with one attached hydrogen (secondary N) is 1. The number of hydrogen-bond donors (Lipinski definition) is 2. The minimum atomic E-state index is -0.858. The summed E-state index contributed by atoms with van der Waals surface area (Å²) < 4.78 is 0. The lowest BCUT2D eigenvalue weighted by Crippen LogP contribution is -2.99. The average Bonchev–Trinajstić information content (AvgIpc) is 2.15. The van der Waals surface area contributed by atoms with E-state index < -0.39 is 5.23 Å². The van der Waals surface area contributed by atoms with Crippen molar-refractivity contribution >= 4 is 17.4 Å². The third kappa shape index (κ3) is 3.36. The van der Waals surface area contributed by atoms with E-state index in [4.69, 9.17) is 5.21 Å². The molecule has 3 nitrogen and oxygen atoms in total. The van der Waals surface area contributed by atoms with E-state index in [-0.39, 0.29) is 0 Å². The normalized spacial score (nSPS) is 12.8. The third-order valence-electron chi connectivity index (χ3n) is 1.65. The summed E-state index contributed by atoms with van der Waals surface area (Å²) >= 11 is 1.79. The second-order valence-electron chi connectivity index (χ2n) is 2.64. The first-order valence-electron chi connectivity index (χ1n) is 4.14. The predicted molar refractivity (Wildman–Crippen MR) is 54.1 cm³/mol. The molecular formula is C9H13NO2S. The van der Waals surface area contributed by atoms with Gasteiger partial charge in [-0.1, -0.05) is 19.1 Å². The van der Waals surface area contributed by atoms with Crippen molar-refractivity contribution in [1.82, 2.24) is 0 Å². The molecule has 1 aromatic carbocycles. The molecule has 1 aromatic rings. The van der Waals surface area contributed by atoms with Crippen LogP contribution in [0.1, 0.15) is 12.5 Å². The van der Waals surface area contributed by atoms with Gasteiger partial charge >= 0.3 is 0 Å². The van der Waals surface area contributed by atoms with Gasteiger partial charge in [-0.05, 0) is 11.3 Å². The lowest BCUT2D eigenvalue weighted by atomic mass is 10.2. The minimum absolute atomic E-state index is 0.370. The summed E-state index contributed by atoms with van der Waals surface area (Å²) in [7, 11) is 0. The van der Waals surface area contributed by atoms with Crippen molar-refractivity contribution < 1.29 is 10.4 Å². The van der Waals surface area contributed by atoms with Gasteiger partial charge in [0.05, 0.1) is 0 Å². The van der Waals surface area contributed by atoms with Crippen molar-refractivity contribution in [3.63, 3.8) is 0 Å². The van der Waals surface area contributed by atoms with Crippen LogP contribution in [0.2, 0.25) is 0 Å².